The van der Waals surface area contributed by atoms with E-state index in [2.05, 4.69) is 17.3 Å². The monoisotopic (exact) mass is 272 g/mol. The van der Waals surface area contributed by atoms with Crippen molar-refractivity contribution in [2.24, 2.45) is 5.92 Å². The Morgan fingerprint density at radius 2 is 2.00 bits per heavy atom. The number of piperidine rings is 1. The molecule has 0 aliphatic carbocycles. The van der Waals surface area contributed by atoms with E-state index in [0.29, 0.717) is 5.92 Å². The van der Waals surface area contributed by atoms with E-state index in [4.69, 9.17) is 0 Å². The molecule has 0 radical (unpaired) electrons. The Kier molecular flexibility index (Phi) is 4.34. The molecule has 2 atom stereocenters. The lowest BCUT2D eigenvalue weighted by atomic mass is 9.91. The fraction of sp³-hybridized carbons (Fsp3) is 0.571. The highest BCUT2D eigenvalue weighted by Gasteiger charge is 2.24. The fourth-order valence-corrected chi connectivity index (χ4v) is 2.61. The van der Waals surface area contributed by atoms with Gasteiger partial charge in [-0.05, 0) is 51.4 Å². The van der Waals surface area contributed by atoms with Crippen LogP contribution in [0, 0.1) is 23.4 Å². The molecule has 1 N–H and O–H groups in total. The average Bonchev–Trinajstić information content (AvgIpc) is 2.39. The lowest BCUT2D eigenvalue weighted by Crippen LogP contribution is -2.40. The van der Waals surface area contributed by atoms with Gasteiger partial charge in [-0.15, -0.1) is 0 Å². The van der Waals surface area contributed by atoms with Crippen molar-refractivity contribution in [3.63, 3.8) is 0 Å². The minimum Gasteiger partial charge on any atom is -0.380 e. The van der Waals surface area contributed by atoms with E-state index in [0.717, 1.165) is 32.0 Å². The number of anilines is 1. The molecule has 1 fully saturated rings. The van der Waals surface area contributed by atoms with Crippen LogP contribution in [-0.2, 0) is 0 Å². The van der Waals surface area contributed by atoms with E-state index in [1.54, 1.807) is 0 Å². The van der Waals surface area contributed by atoms with Crippen molar-refractivity contribution in [3.8, 4) is 0 Å². The summed E-state index contributed by atoms with van der Waals surface area (Å²) >= 11 is 0. The minimum atomic E-state index is -1.42. The molecule has 2 nitrogen and oxygen atoms in total. The molecule has 2 rings (SSSR count). The molecule has 1 aromatic rings. The van der Waals surface area contributed by atoms with E-state index in [1.807, 2.05) is 6.92 Å². The maximum absolute atomic E-state index is 13.6. The van der Waals surface area contributed by atoms with Crippen LogP contribution in [-0.4, -0.2) is 31.1 Å². The third kappa shape index (κ3) is 3.21. The first-order valence-corrected chi connectivity index (χ1v) is 6.57. The minimum absolute atomic E-state index is 0.0158. The number of nitrogens with zero attached hydrogens (tertiary/aromatic N) is 1. The summed E-state index contributed by atoms with van der Waals surface area (Å²) in [6.07, 6.45) is 2.16. The SMILES string of the molecule is CC(Nc1ccc(F)c(F)c1F)C1CCCN(C)C1. The summed E-state index contributed by atoms with van der Waals surface area (Å²) in [6.45, 7) is 3.95. The Balaban J connectivity index is 2.06. The van der Waals surface area contributed by atoms with Crippen molar-refractivity contribution in [3.05, 3.63) is 29.6 Å². The van der Waals surface area contributed by atoms with Gasteiger partial charge < -0.3 is 10.2 Å². The number of benzene rings is 1. The zero-order chi connectivity index (χ0) is 14.0. The van der Waals surface area contributed by atoms with Crippen molar-refractivity contribution >= 4 is 5.69 Å². The molecule has 2 unspecified atom stereocenters. The van der Waals surface area contributed by atoms with Crippen LogP contribution in [0.4, 0.5) is 18.9 Å². The second-order valence-electron chi connectivity index (χ2n) is 5.32. The average molecular weight is 272 g/mol. The van der Waals surface area contributed by atoms with Gasteiger partial charge in [-0.3, -0.25) is 0 Å². The summed E-state index contributed by atoms with van der Waals surface area (Å²) in [5, 5.41) is 2.96. The van der Waals surface area contributed by atoms with E-state index in [9.17, 15) is 13.2 Å². The number of hydrogen-bond acceptors (Lipinski definition) is 2. The number of halogens is 3. The van der Waals surface area contributed by atoms with Crippen LogP contribution in [0.5, 0.6) is 0 Å². The molecule has 0 aromatic heterocycles. The second kappa shape index (κ2) is 5.82. The Hall–Kier alpha value is -1.23. The van der Waals surface area contributed by atoms with Gasteiger partial charge in [0.05, 0.1) is 5.69 Å². The highest BCUT2D eigenvalue weighted by atomic mass is 19.2. The van der Waals surface area contributed by atoms with Crippen molar-refractivity contribution in [1.29, 1.82) is 0 Å². The van der Waals surface area contributed by atoms with Gasteiger partial charge in [0, 0.05) is 12.6 Å². The van der Waals surface area contributed by atoms with E-state index in [1.165, 1.54) is 6.07 Å². The summed E-state index contributed by atoms with van der Waals surface area (Å²) in [5.41, 5.74) is 0.0274. The Bertz CT molecular complexity index is 451. The number of nitrogens with one attached hydrogen (secondary N) is 1. The summed E-state index contributed by atoms with van der Waals surface area (Å²) in [6, 6.07) is 2.21. The van der Waals surface area contributed by atoms with Crippen LogP contribution in [0.3, 0.4) is 0 Å². The Morgan fingerprint density at radius 3 is 2.68 bits per heavy atom. The molecule has 0 spiro atoms. The van der Waals surface area contributed by atoms with Crippen molar-refractivity contribution < 1.29 is 13.2 Å². The maximum atomic E-state index is 13.6. The summed E-state index contributed by atoms with van der Waals surface area (Å²) in [7, 11) is 2.05. The van der Waals surface area contributed by atoms with Crippen LogP contribution < -0.4 is 5.32 Å². The molecular weight excluding hydrogens is 253 g/mol. The molecule has 1 saturated heterocycles. The zero-order valence-electron chi connectivity index (χ0n) is 11.2. The first kappa shape index (κ1) is 14.2. The molecule has 106 valence electrons. The van der Waals surface area contributed by atoms with Crippen LogP contribution in [0.2, 0.25) is 0 Å². The van der Waals surface area contributed by atoms with Crippen molar-refractivity contribution in [1.82, 2.24) is 4.90 Å². The smallest absolute Gasteiger partial charge is 0.196 e. The molecule has 19 heavy (non-hydrogen) atoms. The summed E-state index contributed by atoms with van der Waals surface area (Å²) in [5.74, 6) is -3.34. The van der Waals surface area contributed by atoms with Crippen LogP contribution in [0.15, 0.2) is 12.1 Å². The van der Waals surface area contributed by atoms with Gasteiger partial charge in [-0.25, -0.2) is 13.2 Å². The lowest BCUT2D eigenvalue weighted by Gasteiger charge is -2.34. The topological polar surface area (TPSA) is 15.3 Å². The Labute approximate surface area is 111 Å². The van der Waals surface area contributed by atoms with Gasteiger partial charge in [0.1, 0.15) is 0 Å². The third-order valence-corrected chi connectivity index (χ3v) is 3.79. The molecule has 1 heterocycles. The normalized spacial score (nSPS) is 22.3. The highest BCUT2D eigenvalue weighted by Crippen LogP contribution is 2.24. The number of likely N-dealkylation sites (tertiary alicyclic amines) is 1. The fourth-order valence-electron chi connectivity index (χ4n) is 2.61. The molecule has 1 aliphatic heterocycles. The molecule has 1 aromatic carbocycles. The van der Waals surface area contributed by atoms with E-state index >= 15 is 0 Å². The third-order valence-electron chi connectivity index (χ3n) is 3.79. The van der Waals surface area contributed by atoms with Gasteiger partial charge in [-0.1, -0.05) is 0 Å². The van der Waals surface area contributed by atoms with Crippen molar-refractivity contribution in [2.75, 3.05) is 25.5 Å². The molecule has 5 heteroatoms. The maximum Gasteiger partial charge on any atom is 0.196 e. The largest absolute Gasteiger partial charge is 0.380 e. The first-order valence-electron chi connectivity index (χ1n) is 6.57. The predicted octanol–water partition coefficient (Wildman–Crippen LogP) is 3.25. The predicted molar refractivity (Wildman–Crippen MR) is 69.6 cm³/mol. The van der Waals surface area contributed by atoms with Gasteiger partial charge in [0.25, 0.3) is 0 Å². The molecule has 0 bridgehead atoms. The van der Waals surface area contributed by atoms with Gasteiger partial charge in [0.15, 0.2) is 17.5 Å². The van der Waals surface area contributed by atoms with E-state index in [-0.39, 0.29) is 11.7 Å². The molecule has 1 aliphatic rings. The van der Waals surface area contributed by atoms with Crippen molar-refractivity contribution in [2.45, 2.75) is 25.8 Å². The summed E-state index contributed by atoms with van der Waals surface area (Å²) < 4.78 is 39.6. The van der Waals surface area contributed by atoms with Gasteiger partial charge in [0.2, 0.25) is 0 Å². The Morgan fingerprint density at radius 1 is 1.26 bits per heavy atom. The van der Waals surface area contributed by atoms with Crippen LogP contribution in [0.25, 0.3) is 0 Å². The second-order valence-corrected chi connectivity index (χ2v) is 5.32. The highest BCUT2D eigenvalue weighted by molar-refractivity contribution is 5.46. The molecule has 0 amide bonds. The van der Waals surface area contributed by atoms with E-state index < -0.39 is 17.5 Å². The number of hydrogen-bond donors (Lipinski definition) is 1. The standard InChI is InChI=1S/C14H19F3N2/c1-9(10-4-3-7-19(2)8-10)18-12-6-5-11(15)13(16)14(12)17/h5-6,9-10,18H,3-4,7-8H2,1-2H3. The first-order chi connectivity index (χ1) is 8.99. The van der Waals surface area contributed by atoms with Crippen LogP contribution in [0.1, 0.15) is 19.8 Å². The van der Waals surface area contributed by atoms with Gasteiger partial charge in [-0.2, -0.15) is 0 Å². The lowest BCUT2D eigenvalue weighted by molar-refractivity contribution is 0.197. The molecular formula is C14H19F3N2. The number of rotatable bonds is 3. The van der Waals surface area contributed by atoms with Gasteiger partial charge >= 0.3 is 0 Å². The zero-order valence-corrected chi connectivity index (χ0v) is 11.2. The van der Waals surface area contributed by atoms with Crippen LogP contribution >= 0.6 is 0 Å². The molecule has 0 saturated carbocycles. The summed E-state index contributed by atoms with van der Waals surface area (Å²) in [4.78, 5) is 2.23. The quantitative estimate of drug-likeness (QED) is 0.850.